The highest BCUT2D eigenvalue weighted by molar-refractivity contribution is 7.89. The number of nitrogens with one attached hydrogen (secondary N) is 1. The molecular formula is C14H22N2O3S. The van der Waals surface area contributed by atoms with Crippen molar-refractivity contribution in [2.24, 2.45) is 11.7 Å². The van der Waals surface area contributed by atoms with Crippen LogP contribution >= 0.6 is 0 Å². The van der Waals surface area contributed by atoms with Crippen LogP contribution in [0.3, 0.4) is 0 Å². The van der Waals surface area contributed by atoms with Crippen LogP contribution in [0, 0.1) is 12.8 Å². The number of sulfonamides is 1. The molecule has 3 N–H and O–H groups in total. The van der Waals surface area contributed by atoms with E-state index in [9.17, 15) is 8.42 Å². The van der Waals surface area contributed by atoms with E-state index in [2.05, 4.69) is 4.72 Å². The first-order valence-electron chi connectivity index (χ1n) is 6.83. The van der Waals surface area contributed by atoms with Gasteiger partial charge in [0.05, 0.1) is 11.5 Å². The molecule has 1 saturated heterocycles. The van der Waals surface area contributed by atoms with Crippen LogP contribution in [-0.2, 0) is 21.3 Å². The van der Waals surface area contributed by atoms with Crippen molar-refractivity contribution in [1.82, 2.24) is 4.72 Å². The molecule has 1 fully saturated rings. The molecule has 0 aliphatic carbocycles. The van der Waals surface area contributed by atoms with Crippen molar-refractivity contribution in [2.75, 3.05) is 13.2 Å². The van der Waals surface area contributed by atoms with Gasteiger partial charge in [0.1, 0.15) is 0 Å². The molecule has 2 atom stereocenters. The van der Waals surface area contributed by atoms with Gasteiger partial charge >= 0.3 is 0 Å². The van der Waals surface area contributed by atoms with E-state index in [1.54, 1.807) is 19.1 Å². The fourth-order valence-corrected chi connectivity index (χ4v) is 4.03. The van der Waals surface area contributed by atoms with E-state index in [1.165, 1.54) is 0 Å². The van der Waals surface area contributed by atoms with Crippen molar-refractivity contribution >= 4 is 10.0 Å². The Morgan fingerprint density at radius 2 is 2.25 bits per heavy atom. The van der Waals surface area contributed by atoms with E-state index in [0.29, 0.717) is 24.7 Å². The molecule has 1 aromatic carbocycles. The summed E-state index contributed by atoms with van der Waals surface area (Å²) >= 11 is 0. The molecule has 0 aromatic heterocycles. The summed E-state index contributed by atoms with van der Waals surface area (Å²) in [6.07, 6.45) is 0.898. The van der Waals surface area contributed by atoms with Gasteiger partial charge in [-0.2, -0.15) is 0 Å². The Morgan fingerprint density at radius 3 is 2.80 bits per heavy atom. The standard InChI is InChI=1S/C14H22N2O3S/c1-10-7-12(8-15)3-4-14(10)20(17,18)16-11(2)13-5-6-19-9-13/h3-4,7,11,13,16H,5-6,8-9,15H2,1-2H3. The second kappa shape index (κ2) is 6.22. The quantitative estimate of drug-likeness (QED) is 0.854. The summed E-state index contributed by atoms with van der Waals surface area (Å²) in [6.45, 7) is 5.41. The lowest BCUT2D eigenvalue weighted by molar-refractivity contribution is 0.180. The number of ether oxygens (including phenoxy) is 1. The molecule has 0 radical (unpaired) electrons. The second-order valence-corrected chi connectivity index (χ2v) is 7.02. The number of aryl methyl sites for hydroxylation is 1. The van der Waals surface area contributed by atoms with E-state index < -0.39 is 10.0 Å². The van der Waals surface area contributed by atoms with Gasteiger partial charge in [-0.25, -0.2) is 13.1 Å². The monoisotopic (exact) mass is 298 g/mol. The van der Waals surface area contributed by atoms with E-state index in [1.807, 2.05) is 13.0 Å². The first-order chi connectivity index (χ1) is 9.44. The topological polar surface area (TPSA) is 81.4 Å². The van der Waals surface area contributed by atoms with Gasteiger partial charge < -0.3 is 10.5 Å². The SMILES string of the molecule is Cc1cc(CN)ccc1S(=O)(=O)NC(C)C1CCOC1. The average Bonchev–Trinajstić information content (AvgIpc) is 2.91. The second-order valence-electron chi connectivity index (χ2n) is 5.34. The smallest absolute Gasteiger partial charge is 0.241 e. The molecular weight excluding hydrogens is 276 g/mol. The number of nitrogens with two attached hydrogens (primary N) is 1. The maximum Gasteiger partial charge on any atom is 0.241 e. The Hall–Kier alpha value is -0.950. The third kappa shape index (κ3) is 3.38. The van der Waals surface area contributed by atoms with E-state index in [0.717, 1.165) is 17.5 Å². The first-order valence-corrected chi connectivity index (χ1v) is 8.32. The lowest BCUT2D eigenvalue weighted by Gasteiger charge is -2.20. The molecule has 2 unspecified atom stereocenters. The van der Waals surface area contributed by atoms with Crippen LogP contribution in [0.1, 0.15) is 24.5 Å². The molecule has 1 heterocycles. The largest absolute Gasteiger partial charge is 0.381 e. The lowest BCUT2D eigenvalue weighted by atomic mass is 10.0. The Balaban J connectivity index is 2.17. The predicted molar refractivity (Wildman–Crippen MR) is 77.8 cm³/mol. The summed E-state index contributed by atoms with van der Waals surface area (Å²) in [6, 6.07) is 5.07. The van der Waals surface area contributed by atoms with Crippen molar-refractivity contribution in [3.8, 4) is 0 Å². The Bertz CT molecular complexity index is 566. The summed E-state index contributed by atoms with van der Waals surface area (Å²) < 4.78 is 32.9. The molecule has 6 heteroatoms. The minimum absolute atomic E-state index is 0.129. The zero-order chi connectivity index (χ0) is 14.8. The average molecular weight is 298 g/mol. The molecule has 0 spiro atoms. The maximum atomic E-state index is 12.4. The van der Waals surface area contributed by atoms with Gasteiger partial charge in [0.2, 0.25) is 10.0 Å². The van der Waals surface area contributed by atoms with Crippen LogP contribution in [0.5, 0.6) is 0 Å². The van der Waals surface area contributed by atoms with Gasteiger partial charge in [-0.05, 0) is 37.5 Å². The number of benzene rings is 1. The molecule has 20 heavy (non-hydrogen) atoms. The highest BCUT2D eigenvalue weighted by Gasteiger charge is 2.27. The van der Waals surface area contributed by atoms with E-state index in [-0.39, 0.29) is 12.0 Å². The third-order valence-electron chi connectivity index (χ3n) is 3.78. The summed E-state index contributed by atoms with van der Waals surface area (Å²) in [7, 11) is -3.50. The van der Waals surface area contributed by atoms with Crippen LogP contribution in [0.4, 0.5) is 0 Å². The fourth-order valence-electron chi connectivity index (χ4n) is 2.49. The summed E-state index contributed by atoms with van der Waals surface area (Å²) in [5.74, 6) is 0.244. The van der Waals surface area contributed by atoms with Gasteiger partial charge in [0.25, 0.3) is 0 Å². The molecule has 112 valence electrons. The van der Waals surface area contributed by atoms with Gasteiger partial charge in [-0.1, -0.05) is 12.1 Å². The van der Waals surface area contributed by atoms with Crippen LogP contribution in [0.15, 0.2) is 23.1 Å². The van der Waals surface area contributed by atoms with Gasteiger partial charge in [-0.3, -0.25) is 0 Å². The van der Waals surface area contributed by atoms with Crippen molar-refractivity contribution in [3.63, 3.8) is 0 Å². The van der Waals surface area contributed by atoms with Gasteiger partial charge in [-0.15, -0.1) is 0 Å². The third-order valence-corrected chi connectivity index (χ3v) is 5.50. The highest BCUT2D eigenvalue weighted by Crippen LogP contribution is 2.21. The summed E-state index contributed by atoms with van der Waals surface area (Å²) in [4.78, 5) is 0.320. The molecule has 1 aliphatic rings. The zero-order valence-corrected chi connectivity index (χ0v) is 12.7. The Morgan fingerprint density at radius 1 is 1.50 bits per heavy atom. The lowest BCUT2D eigenvalue weighted by Crippen LogP contribution is -2.38. The first kappa shape index (κ1) is 15.4. The van der Waals surface area contributed by atoms with Gasteiger partial charge in [0.15, 0.2) is 0 Å². The number of hydrogen-bond acceptors (Lipinski definition) is 4. The molecule has 2 rings (SSSR count). The minimum Gasteiger partial charge on any atom is -0.381 e. The molecule has 0 bridgehead atoms. The molecule has 1 aliphatic heterocycles. The maximum absolute atomic E-state index is 12.4. The van der Waals surface area contributed by atoms with Crippen molar-refractivity contribution < 1.29 is 13.2 Å². The minimum atomic E-state index is -3.50. The van der Waals surface area contributed by atoms with Crippen molar-refractivity contribution in [2.45, 2.75) is 37.8 Å². The van der Waals surface area contributed by atoms with E-state index in [4.69, 9.17) is 10.5 Å². The van der Waals surface area contributed by atoms with Crippen molar-refractivity contribution in [1.29, 1.82) is 0 Å². The van der Waals surface area contributed by atoms with E-state index >= 15 is 0 Å². The molecule has 0 amide bonds. The molecule has 5 nitrogen and oxygen atoms in total. The van der Waals surface area contributed by atoms with Crippen molar-refractivity contribution in [3.05, 3.63) is 29.3 Å². The van der Waals surface area contributed by atoms with Crippen LogP contribution < -0.4 is 10.5 Å². The number of rotatable bonds is 5. The van der Waals surface area contributed by atoms with Crippen LogP contribution in [0.25, 0.3) is 0 Å². The highest BCUT2D eigenvalue weighted by atomic mass is 32.2. The Kier molecular flexibility index (Phi) is 4.80. The Labute approximate surface area is 120 Å². The van der Waals surface area contributed by atoms with Crippen LogP contribution in [0.2, 0.25) is 0 Å². The molecule has 0 saturated carbocycles. The normalized spacial score (nSPS) is 21.1. The predicted octanol–water partition coefficient (Wildman–Crippen LogP) is 1.16. The van der Waals surface area contributed by atoms with Gasteiger partial charge in [0, 0.05) is 25.1 Å². The zero-order valence-electron chi connectivity index (χ0n) is 11.9. The summed E-state index contributed by atoms with van der Waals surface area (Å²) in [5.41, 5.74) is 7.21. The van der Waals surface area contributed by atoms with Crippen LogP contribution in [-0.4, -0.2) is 27.7 Å². The number of hydrogen-bond donors (Lipinski definition) is 2. The molecule has 1 aromatic rings. The summed E-state index contributed by atoms with van der Waals surface area (Å²) in [5, 5.41) is 0. The fraction of sp³-hybridized carbons (Fsp3) is 0.571.